The Morgan fingerprint density at radius 3 is 3.14 bits per heavy atom. The van der Waals surface area contributed by atoms with Gasteiger partial charge in [-0.3, -0.25) is 0 Å². The Kier molecular flexibility index (Phi) is 2.59. The fourth-order valence-electron chi connectivity index (χ4n) is 1.82. The highest BCUT2D eigenvalue weighted by molar-refractivity contribution is 5.43. The molecule has 1 atom stereocenters. The van der Waals surface area contributed by atoms with Crippen molar-refractivity contribution in [1.82, 2.24) is 0 Å². The predicted octanol–water partition coefficient (Wildman–Crippen LogP) is 1.52. The summed E-state index contributed by atoms with van der Waals surface area (Å²) in [6.07, 6.45) is 0.997. The average molecular weight is 193 g/mol. The molecular formula is C11H15NO2. The highest BCUT2D eigenvalue weighted by Crippen LogP contribution is 2.35. The van der Waals surface area contributed by atoms with Gasteiger partial charge in [-0.15, -0.1) is 0 Å². The predicted molar refractivity (Wildman–Crippen MR) is 54.9 cm³/mol. The molecule has 14 heavy (non-hydrogen) atoms. The number of methoxy groups -OCH3 is 1. The summed E-state index contributed by atoms with van der Waals surface area (Å²) < 4.78 is 10.7. The van der Waals surface area contributed by atoms with Gasteiger partial charge in [0.1, 0.15) is 11.5 Å². The first-order valence-corrected chi connectivity index (χ1v) is 4.86. The summed E-state index contributed by atoms with van der Waals surface area (Å²) in [6, 6.07) is 5.89. The third-order valence-corrected chi connectivity index (χ3v) is 2.67. The Bertz CT molecular complexity index is 325. The molecule has 3 nitrogen and oxygen atoms in total. The molecule has 76 valence electrons. The second kappa shape index (κ2) is 3.88. The molecule has 2 N–H and O–H groups in total. The van der Waals surface area contributed by atoms with E-state index in [-0.39, 0.29) is 0 Å². The van der Waals surface area contributed by atoms with Crippen molar-refractivity contribution in [2.75, 3.05) is 20.3 Å². The summed E-state index contributed by atoms with van der Waals surface area (Å²) >= 11 is 0. The molecule has 0 aromatic heterocycles. The minimum atomic E-state index is 0.411. The van der Waals surface area contributed by atoms with Gasteiger partial charge in [-0.05, 0) is 31.2 Å². The molecule has 0 fully saturated rings. The van der Waals surface area contributed by atoms with Crippen molar-refractivity contribution in [3.8, 4) is 11.5 Å². The van der Waals surface area contributed by atoms with Crippen molar-refractivity contribution in [1.29, 1.82) is 0 Å². The minimum absolute atomic E-state index is 0.411. The fourth-order valence-corrected chi connectivity index (χ4v) is 1.82. The Labute approximate surface area is 83.8 Å². The van der Waals surface area contributed by atoms with Crippen LogP contribution >= 0.6 is 0 Å². The van der Waals surface area contributed by atoms with Crippen molar-refractivity contribution in [2.45, 2.75) is 12.3 Å². The van der Waals surface area contributed by atoms with Gasteiger partial charge in [0.15, 0.2) is 0 Å². The highest BCUT2D eigenvalue weighted by Gasteiger charge is 2.20. The van der Waals surface area contributed by atoms with E-state index in [0.29, 0.717) is 12.5 Å². The number of rotatable bonds is 2. The third-order valence-electron chi connectivity index (χ3n) is 2.67. The Morgan fingerprint density at radius 1 is 1.57 bits per heavy atom. The van der Waals surface area contributed by atoms with Gasteiger partial charge in [-0.2, -0.15) is 0 Å². The van der Waals surface area contributed by atoms with Crippen molar-refractivity contribution in [3.05, 3.63) is 23.8 Å². The lowest BCUT2D eigenvalue weighted by molar-refractivity contribution is 0.267. The van der Waals surface area contributed by atoms with E-state index in [2.05, 4.69) is 0 Å². The lowest BCUT2D eigenvalue weighted by Gasteiger charge is -2.25. The molecule has 0 saturated carbocycles. The molecule has 1 aliphatic rings. The van der Waals surface area contributed by atoms with E-state index in [4.69, 9.17) is 15.2 Å². The molecule has 3 heteroatoms. The molecule has 1 aromatic carbocycles. The molecular weight excluding hydrogens is 178 g/mol. The zero-order valence-electron chi connectivity index (χ0n) is 8.32. The molecule has 1 aromatic rings. The van der Waals surface area contributed by atoms with E-state index in [1.807, 2.05) is 18.2 Å². The van der Waals surface area contributed by atoms with Crippen LogP contribution in [-0.4, -0.2) is 20.3 Å². The van der Waals surface area contributed by atoms with Crippen LogP contribution in [0.5, 0.6) is 11.5 Å². The monoisotopic (exact) mass is 193 g/mol. The first-order chi connectivity index (χ1) is 6.85. The quantitative estimate of drug-likeness (QED) is 0.774. The van der Waals surface area contributed by atoms with Gasteiger partial charge in [0.2, 0.25) is 0 Å². The maximum atomic E-state index is 5.71. The van der Waals surface area contributed by atoms with E-state index in [9.17, 15) is 0 Å². The molecule has 2 rings (SSSR count). The molecule has 1 aliphatic heterocycles. The molecule has 1 heterocycles. The van der Waals surface area contributed by atoms with Crippen LogP contribution in [0.25, 0.3) is 0 Å². The molecule has 1 unspecified atom stereocenters. The highest BCUT2D eigenvalue weighted by atomic mass is 16.5. The number of hydrogen-bond donors (Lipinski definition) is 1. The lowest BCUT2D eigenvalue weighted by atomic mass is 9.93. The summed E-state index contributed by atoms with van der Waals surface area (Å²) in [4.78, 5) is 0. The molecule has 0 amide bonds. The van der Waals surface area contributed by atoms with Crippen molar-refractivity contribution >= 4 is 0 Å². The standard InChI is InChI=1S/C11H15NO2/c1-13-9-2-3-11-10(6-9)8(7-12)4-5-14-11/h2-3,6,8H,4-5,7,12H2,1H3. The molecule has 0 saturated heterocycles. The SMILES string of the molecule is COc1ccc2c(c1)C(CN)CCO2. The first-order valence-electron chi connectivity index (χ1n) is 4.86. The molecule has 0 radical (unpaired) electrons. The van der Waals surface area contributed by atoms with Crippen LogP contribution in [0.1, 0.15) is 17.9 Å². The number of hydrogen-bond acceptors (Lipinski definition) is 3. The summed E-state index contributed by atoms with van der Waals surface area (Å²) in [7, 11) is 1.67. The van der Waals surface area contributed by atoms with E-state index >= 15 is 0 Å². The number of nitrogens with two attached hydrogens (primary N) is 1. The largest absolute Gasteiger partial charge is 0.497 e. The zero-order chi connectivity index (χ0) is 9.97. The maximum absolute atomic E-state index is 5.71. The van der Waals surface area contributed by atoms with Crippen LogP contribution in [0.2, 0.25) is 0 Å². The van der Waals surface area contributed by atoms with E-state index in [0.717, 1.165) is 24.5 Å². The molecule has 0 aliphatic carbocycles. The van der Waals surface area contributed by atoms with Crippen LogP contribution in [0.4, 0.5) is 0 Å². The van der Waals surface area contributed by atoms with Gasteiger partial charge in [0.25, 0.3) is 0 Å². The average Bonchev–Trinajstić information content (AvgIpc) is 2.27. The maximum Gasteiger partial charge on any atom is 0.123 e. The number of ether oxygens (including phenoxy) is 2. The summed E-state index contributed by atoms with van der Waals surface area (Å²) in [5.74, 6) is 2.23. The van der Waals surface area contributed by atoms with Gasteiger partial charge >= 0.3 is 0 Å². The van der Waals surface area contributed by atoms with Crippen molar-refractivity contribution < 1.29 is 9.47 Å². The topological polar surface area (TPSA) is 44.5 Å². The van der Waals surface area contributed by atoms with Gasteiger partial charge in [0, 0.05) is 11.5 Å². The normalized spacial score (nSPS) is 19.7. The Balaban J connectivity index is 2.38. The molecule has 0 bridgehead atoms. The van der Waals surface area contributed by atoms with Gasteiger partial charge in [0.05, 0.1) is 13.7 Å². The summed E-state index contributed by atoms with van der Waals surface area (Å²) in [6.45, 7) is 1.44. The summed E-state index contributed by atoms with van der Waals surface area (Å²) in [5.41, 5.74) is 6.89. The van der Waals surface area contributed by atoms with Gasteiger partial charge in [-0.25, -0.2) is 0 Å². The van der Waals surface area contributed by atoms with Crippen molar-refractivity contribution in [3.63, 3.8) is 0 Å². The second-order valence-corrected chi connectivity index (χ2v) is 3.47. The lowest BCUT2D eigenvalue weighted by Crippen LogP contribution is -2.20. The fraction of sp³-hybridized carbons (Fsp3) is 0.455. The van der Waals surface area contributed by atoms with E-state index in [1.165, 1.54) is 5.56 Å². The van der Waals surface area contributed by atoms with E-state index < -0.39 is 0 Å². The third kappa shape index (κ3) is 1.55. The minimum Gasteiger partial charge on any atom is -0.497 e. The van der Waals surface area contributed by atoms with Gasteiger partial charge in [-0.1, -0.05) is 0 Å². The van der Waals surface area contributed by atoms with Crippen LogP contribution in [-0.2, 0) is 0 Å². The van der Waals surface area contributed by atoms with Crippen molar-refractivity contribution in [2.24, 2.45) is 5.73 Å². The second-order valence-electron chi connectivity index (χ2n) is 3.47. The number of fused-ring (bicyclic) bond motifs is 1. The van der Waals surface area contributed by atoms with Crippen LogP contribution in [0.15, 0.2) is 18.2 Å². The van der Waals surface area contributed by atoms with Crippen LogP contribution in [0.3, 0.4) is 0 Å². The zero-order valence-corrected chi connectivity index (χ0v) is 8.32. The molecule has 0 spiro atoms. The van der Waals surface area contributed by atoms with Gasteiger partial charge < -0.3 is 15.2 Å². The van der Waals surface area contributed by atoms with Crippen LogP contribution < -0.4 is 15.2 Å². The smallest absolute Gasteiger partial charge is 0.123 e. The first kappa shape index (κ1) is 9.34. The van der Waals surface area contributed by atoms with E-state index in [1.54, 1.807) is 7.11 Å². The number of benzene rings is 1. The van der Waals surface area contributed by atoms with Crippen LogP contribution in [0, 0.1) is 0 Å². The Morgan fingerprint density at radius 2 is 2.43 bits per heavy atom. The Hall–Kier alpha value is -1.22. The summed E-state index contributed by atoms with van der Waals surface area (Å²) in [5, 5.41) is 0.